The Kier molecular flexibility index (Phi) is 4.40. The molecule has 6 atom stereocenters. The Hall–Kier alpha value is -1.53. The van der Waals surface area contributed by atoms with Gasteiger partial charge in [0.25, 0.3) is 0 Å². The summed E-state index contributed by atoms with van der Waals surface area (Å²) < 4.78 is 0. The average molecular weight is 363 g/mol. The monoisotopic (exact) mass is 363 g/mol. The number of hydrogen-bond donors (Lipinski definition) is 3. The lowest BCUT2D eigenvalue weighted by Crippen LogP contribution is -2.60. The standard InChI is InChI=1S/C19H25NO4S/c1-4-12-15(25-11-8-6-10(3)7-9-11)13-14(16(21)22)18(13,5-2)19(12,20)17(23)24/h6-9,12-15H,4-5,20H2,1-3H3,(H,21,22)(H,23,24). The van der Waals surface area contributed by atoms with Crippen molar-refractivity contribution in [2.45, 2.75) is 49.3 Å². The zero-order valence-corrected chi connectivity index (χ0v) is 15.5. The maximum atomic E-state index is 12.2. The molecule has 6 heteroatoms. The van der Waals surface area contributed by atoms with Crippen molar-refractivity contribution in [3.8, 4) is 0 Å². The molecule has 2 aliphatic carbocycles. The maximum Gasteiger partial charge on any atom is 0.324 e. The number of carbonyl (C=O) groups is 2. The minimum absolute atomic E-state index is 0.102. The Labute approximate surface area is 152 Å². The van der Waals surface area contributed by atoms with E-state index in [9.17, 15) is 19.8 Å². The number of hydrogen-bond acceptors (Lipinski definition) is 4. The first-order chi connectivity index (χ1) is 11.8. The van der Waals surface area contributed by atoms with Crippen LogP contribution in [-0.4, -0.2) is 32.9 Å². The number of benzene rings is 1. The molecule has 1 aromatic carbocycles. The van der Waals surface area contributed by atoms with Crippen molar-refractivity contribution < 1.29 is 19.8 Å². The number of carboxylic acids is 2. The molecule has 0 heterocycles. The van der Waals surface area contributed by atoms with E-state index < -0.39 is 28.8 Å². The summed E-state index contributed by atoms with van der Waals surface area (Å²) in [6.45, 7) is 5.83. The second-order valence-corrected chi connectivity index (χ2v) is 8.57. The van der Waals surface area contributed by atoms with Crippen molar-refractivity contribution >= 4 is 23.7 Å². The number of nitrogens with two attached hydrogens (primary N) is 1. The first kappa shape index (κ1) is 18.3. The molecule has 6 unspecified atom stereocenters. The predicted octanol–water partition coefficient (Wildman–Crippen LogP) is 3.00. The summed E-state index contributed by atoms with van der Waals surface area (Å²) >= 11 is 1.59. The van der Waals surface area contributed by atoms with Crippen molar-refractivity contribution in [2.75, 3.05) is 0 Å². The Morgan fingerprint density at radius 1 is 1.20 bits per heavy atom. The Bertz CT molecular complexity index is 706. The van der Waals surface area contributed by atoms with Gasteiger partial charge in [0.2, 0.25) is 0 Å². The molecule has 3 rings (SSSR count). The second-order valence-electron chi connectivity index (χ2n) is 7.32. The van der Waals surface area contributed by atoms with Gasteiger partial charge >= 0.3 is 11.9 Å². The zero-order valence-electron chi connectivity index (χ0n) is 14.7. The fourth-order valence-electron chi connectivity index (χ4n) is 5.30. The molecule has 2 aliphatic rings. The van der Waals surface area contributed by atoms with Crippen LogP contribution in [0.2, 0.25) is 0 Å². The summed E-state index contributed by atoms with van der Waals surface area (Å²) in [5.41, 5.74) is 5.31. The molecule has 5 nitrogen and oxygen atoms in total. The molecule has 2 saturated carbocycles. The van der Waals surface area contributed by atoms with E-state index in [1.54, 1.807) is 11.8 Å². The Morgan fingerprint density at radius 2 is 1.80 bits per heavy atom. The summed E-state index contributed by atoms with van der Waals surface area (Å²) in [6.07, 6.45) is 1.09. The van der Waals surface area contributed by atoms with Crippen LogP contribution in [0.3, 0.4) is 0 Å². The van der Waals surface area contributed by atoms with Crippen molar-refractivity contribution in [2.24, 2.45) is 28.9 Å². The number of fused-ring (bicyclic) bond motifs is 1. The molecule has 2 fully saturated rings. The lowest BCUT2D eigenvalue weighted by Gasteiger charge is -2.38. The highest BCUT2D eigenvalue weighted by molar-refractivity contribution is 8.00. The van der Waals surface area contributed by atoms with E-state index >= 15 is 0 Å². The third-order valence-corrected chi connectivity index (χ3v) is 7.88. The van der Waals surface area contributed by atoms with Gasteiger partial charge in [-0.3, -0.25) is 9.59 Å². The number of thioether (sulfide) groups is 1. The minimum atomic E-state index is -1.49. The molecule has 136 valence electrons. The first-order valence-corrected chi connectivity index (χ1v) is 9.62. The molecule has 0 aromatic heterocycles. The van der Waals surface area contributed by atoms with E-state index in [1.807, 2.05) is 45.0 Å². The van der Waals surface area contributed by atoms with E-state index in [2.05, 4.69) is 0 Å². The van der Waals surface area contributed by atoms with Gasteiger partial charge in [-0.25, -0.2) is 0 Å². The molecule has 0 bridgehead atoms. The summed E-state index contributed by atoms with van der Waals surface area (Å²) in [6, 6.07) is 8.05. The highest BCUT2D eigenvalue weighted by atomic mass is 32.2. The number of rotatable bonds is 6. The maximum absolute atomic E-state index is 12.2. The van der Waals surface area contributed by atoms with Crippen LogP contribution < -0.4 is 5.73 Å². The van der Waals surface area contributed by atoms with Crippen LogP contribution in [0.15, 0.2) is 29.2 Å². The van der Waals surface area contributed by atoms with Crippen LogP contribution in [0.25, 0.3) is 0 Å². The van der Waals surface area contributed by atoms with Gasteiger partial charge in [-0.2, -0.15) is 0 Å². The Morgan fingerprint density at radius 3 is 2.24 bits per heavy atom. The SMILES string of the molecule is CCC1C(Sc2ccc(C)cc2)C2C(C(=O)O)C2(CC)C1(N)C(=O)O. The van der Waals surface area contributed by atoms with Crippen LogP contribution in [-0.2, 0) is 9.59 Å². The van der Waals surface area contributed by atoms with Crippen LogP contribution in [0.1, 0.15) is 32.3 Å². The molecule has 1 aromatic rings. The second kappa shape index (κ2) is 6.02. The summed E-state index contributed by atoms with van der Waals surface area (Å²) in [5.74, 6) is -3.12. The first-order valence-electron chi connectivity index (χ1n) is 8.74. The fourth-order valence-corrected chi connectivity index (χ4v) is 7.03. The molecular formula is C19H25NO4S. The van der Waals surface area contributed by atoms with Gasteiger partial charge in [0.15, 0.2) is 0 Å². The minimum Gasteiger partial charge on any atom is -0.481 e. The lowest BCUT2D eigenvalue weighted by atomic mass is 9.71. The average Bonchev–Trinajstić information content (AvgIpc) is 3.21. The molecule has 0 saturated heterocycles. The smallest absolute Gasteiger partial charge is 0.324 e. The Balaban J connectivity index is 2.04. The largest absolute Gasteiger partial charge is 0.481 e. The van der Waals surface area contributed by atoms with Gasteiger partial charge < -0.3 is 15.9 Å². The summed E-state index contributed by atoms with van der Waals surface area (Å²) in [5, 5.41) is 19.5. The predicted molar refractivity (Wildman–Crippen MR) is 96.5 cm³/mol. The van der Waals surface area contributed by atoms with E-state index in [4.69, 9.17) is 5.73 Å². The molecule has 25 heavy (non-hydrogen) atoms. The molecule has 4 N–H and O–H groups in total. The van der Waals surface area contributed by atoms with Gasteiger partial charge in [0, 0.05) is 21.5 Å². The highest BCUT2D eigenvalue weighted by Gasteiger charge is 2.86. The van der Waals surface area contributed by atoms with E-state index in [-0.39, 0.29) is 17.1 Å². The molecule has 0 radical (unpaired) electrons. The lowest BCUT2D eigenvalue weighted by molar-refractivity contribution is -0.150. The molecule has 0 aliphatic heterocycles. The number of carboxylic acid groups (broad SMARTS) is 2. The van der Waals surface area contributed by atoms with Crippen molar-refractivity contribution in [1.82, 2.24) is 0 Å². The van der Waals surface area contributed by atoms with Crippen LogP contribution in [0.4, 0.5) is 0 Å². The van der Waals surface area contributed by atoms with Gasteiger partial charge in [-0.05, 0) is 37.8 Å². The van der Waals surface area contributed by atoms with Crippen molar-refractivity contribution in [3.63, 3.8) is 0 Å². The van der Waals surface area contributed by atoms with Gasteiger partial charge in [0.05, 0.1) is 5.92 Å². The third-order valence-electron chi connectivity index (χ3n) is 6.44. The van der Waals surface area contributed by atoms with E-state index in [0.717, 1.165) is 10.5 Å². The summed E-state index contributed by atoms with van der Waals surface area (Å²) in [4.78, 5) is 25.0. The topological polar surface area (TPSA) is 101 Å². The number of aliphatic carboxylic acids is 2. The third kappa shape index (κ3) is 2.27. The normalized spacial score (nSPS) is 39.0. The zero-order chi connectivity index (χ0) is 18.6. The highest BCUT2D eigenvalue weighted by Crippen LogP contribution is 2.77. The van der Waals surface area contributed by atoms with Gasteiger partial charge in [-0.1, -0.05) is 31.5 Å². The van der Waals surface area contributed by atoms with Crippen LogP contribution in [0.5, 0.6) is 0 Å². The molecule has 0 amide bonds. The van der Waals surface area contributed by atoms with Crippen molar-refractivity contribution in [3.05, 3.63) is 29.8 Å². The van der Waals surface area contributed by atoms with E-state index in [1.165, 1.54) is 0 Å². The van der Waals surface area contributed by atoms with Crippen molar-refractivity contribution in [1.29, 1.82) is 0 Å². The van der Waals surface area contributed by atoms with Gasteiger partial charge in [-0.15, -0.1) is 11.8 Å². The van der Waals surface area contributed by atoms with Crippen LogP contribution >= 0.6 is 11.8 Å². The number of aryl methyl sites for hydroxylation is 1. The molecular weight excluding hydrogens is 338 g/mol. The van der Waals surface area contributed by atoms with E-state index in [0.29, 0.717) is 12.8 Å². The summed E-state index contributed by atoms with van der Waals surface area (Å²) in [7, 11) is 0. The quantitative estimate of drug-likeness (QED) is 0.718. The fraction of sp³-hybridized carbons (Fsp3) is 0.579. The van der Waals surface area contributed by atoms with Crippen LogP contribution in [0, 0.1) is 30.1 Å². The molecule has 0 spiro atoms. The van der Waals surface area contributed by atoms with Gasteiger partial charge in [0.1, 0.15) is 5.54 Å².